The number of carbonyl (C=O) groups is 3. The first-order valence-electron chi connectivity index (χ1n) is 12.3. The van der Waals surface area contributed by atoms with E-state index in [0.717, 1.165) is 0 Å². The Morgan fingerprint density at radius 1 is 1.05 bits per heavy atom. The molecule has 204 valence electrons. The molecule has 9 nitrogen and oxygen atoms in total. The molecule has 3 aliphatic rings. The van der Waals surface area contributed by atoms with Crippen molar-refractivity contribution in [1.29, 1.82) is 0 Å². The molecule has 10 atom stereocenters. The summed E-state index contributed by atoms with van der Waals surface area (Å²) in [4.78, 5) is 56.1. The molecule has 3 rings (SSSR count). The number of halogens is 2. The van der Waals surface area contributed by atoms with E-state index in [4.69, 9.17) is 32.8 Å². The summed E-state index contributed by atoms with van der Waals surface area (Å²) in [5.74, 6) is -7.34. The van der Waals surface area contributed by atoms with Crippen molar-refractivity contribution < 1.29 is 34.2 Å². The highest BCUT2D eigenvalue weighted by molar-refractivity contribution is 6.68. The Kier molecular flexibility index (Phi) is 8.61. The fourth-order valence-electron chi connectivity index (χ4n) is 6.10. The standard InChI is InChI=1S/C26H33Cl2NO8/c1-13-8-6-7-9-14(2)36-24(32)16(4)21(30)26(27,28)22(31)20-18(13)11-10-17-12-25(5,33)23(37-29(34)35)15(3)19(17)20/h6-11,13-20,23,33H,12H2,1-5H3/b8-6-,9-7+/t13-,14+,15+,16+,17-,18+,19-,20-,23-,25-/m1/s1. The highest BCUT2D eigenvalue weighted by atomic mass is 35.5. The predicted octanol–water partition coefficient (Wildman–Crippen LogP) is 4.03. The minimum Gasteiger partial charge on any atom is -0.458 e. The van der Waals surface area contributed by atoms with Crippen LogP contribution in [0.1, 0.15) is 41.0 Å². The fourth-order valence-corrected chi connectivity index (χ4v) is 6.68. The Balaban J connectivity index is 2.15. The summed E-state index contributed by atoms with van der Waals surface area (Å²) in [5, 5.41) is 21.3. The molecule has 0 saturated heterocycles. The van der Waals surface area contributed by atoms with Crippen molar-refractivity contribution in [2.24, 2.45) is 41.4 Å². The van der Waals surface area contributed by atoms with E-state index in [-0.39, 0.29) is 18.3 Å². The number of aliphatic hydroxyl groups is 1. The molecule has 1 saturated carbocycles. The SMILES string of the molecule is C[C@@H]1C(=O)O[C@@H](C)/C=C/C=C\[C@@H](C)[C@@H]2C=C[C@@H]3C[C@@](C)(O)[C@H](O[N+](=O)[O-])[C@@H](C)[C@H]3[C@@H]2C(=O)C(Cl)(Cl)C1=O. The lowest BCUT2D eigenvalue weighted by molar-refractivity contribution is -0.776. The number of esters is 1. The molecule has 37 heavy (non-hydrogen) atoms. The second kappa shape index (κ2) is 10.9. The Morgan fingerprint density at radius 3 is 2.30 bits per heavy atom. The van der Waals surface area contributed by atoms with Gasteiger partial charge in [-0.3, -0.25) is 14.4 Å². The highest BCUT2D eigenvalue weighted by Crippen LogP contribution is 2.53. The van der Waals surface area contributed by atoms with Crippen LogP contribution < -0.4 is 0 Å². The average Bonchev–Trinajstić information content (AvgIpc) is 2.81. The maximum atomic E-state index is 14.1. The van der Waals surface area contributed by atoms with E-state index in [1.54, 1.807) is 32.1 Å². The molecule has 0 spiro atoms. The van der Waals surface area contributed by atoms with Gasteiger partial charge < -0.3 is 14.7 Å². The van der Waals surface area contributed by atoms with Gasteiger partial charge in [-0.05, 0) is 62.9 Å². The van der Waals surface area contributed by atoms with Gasteiger partial charge in [0, 0.05) is 5.92 Å². The zero-order chi connectivity index (χ0) is 27.9. The smallest absolute Gasteiger partial charge is 0.316 e. The van der Waals surface area contributed by atoms with Gasteiger partial charge in [0.25, 0.3) is 5.09 Å². The average molecular weight is 558 g/mol. The molecule has 1 aliphatic heterocycles. The van der Waals surface area contributed by atoms with E-state index in [9.17, 15) is 29.6 Å². The van der Waals surface area contributed by atoms with Crippen LogP contribution in [0.3, 0.4) is 0 Å². The third-order valence-corrected chi connectivity index (χ3v) is 8.68. The van der Waals surface area contributed by atoms with Crippen LogP contribution in [-0.4, -0.2) is 49.9 Å². The molecule has 11 heteroatoms. The third-order valence-electron chi connectivity index (χ3n) is 7.94. The van der Waals surface area contributed by atoms with Crippen molar-refractivity contribution in [3.8, 4) is 0 Å². The third kappa shape index (κ3) is 5.78. The van der Waals surface area contributed by atoms with Gasteiger partial charge in [-0.15, -0.1) is 10.1 Å². The van der Waals surface area contributed by atoms with Crippen LogP contribution in [0.15, 0.2) is 36.5 Å². The number of rotatable bonds is 2. The molecule has 1 N–H and O–H groups in total. The van der Waals surface area contributed by atoms with Crippen molar-refractivity contribution in [3.05, 3.63) is 46.6 Å². The normalized spacial score (nSPS) is 44.0. The van der Waals surface area contributed by atoms with E-state index in [1.165, 1.54) is 13.8 Å². The van der Waals surface area contributed by atoms with Gasteiger partial charge in [0.1, 0.15) is 18.1 Å². The van der Waals surface area contributed by atoms with Gasteiger partial charge in [0.15, 0.2) is 11.6 Å². The topological polar surface area (TPSA) is 133 Å². The number of Topliss-reactive ketones (excluding diaryl/α,β-unsaturated/α-hetero) is 2. The number of nitrogens with zero attached hydrogens (tertiary/aromatic N) is 1. The zero-order valence-corrected chi connectivity index (χ0v) is 22.9. The number of cyclic esters (lactones) is 1. The zero-order valence-electron chi connectivity index (χ0n) is 21.4. The molecule has 1 fully saturated rings. The molecule has 0 aromatic rings. The summed E-state index contributed by atoms with van der Waals surface area (Å²) in [5.41, 5.74) is -1.55. The molecule has 0 aromatic heterocycles. The molecule has 0 aromatic carbocycles. The number of alkyl halides is 2. The van der Waals surface area contributed by atoms with Crippen molar-refractivity contribution >= 4 is 40.7 Å². The van der Waals surface area contributed by atoms with Crippen LogP contribution >= 0.6 is 23.2 Å². The predicted molar refractivity (Wildman–Crippen MR) is 136 cm³/mol. The first-order valence-corrected chi connectivity index (χ1v) is 13.1. The van der Waals surface area contributed by atoms with Crippen molar-refractivity contribution in [2.75, 3.05) is 0 Å². The Hall–Kier alpha value is -2.23. The minimum absolute atomic E-state index is 0.0899. The minimum atomic E-state index is -2.57. The summed E-state index contributed by atoms with van der Waals surface area (Å²) in [6.07, 6.45) is 9.02. The van der Waals surface area contributed by atoms with E-state index in [1.807, 2.05) is 25.2 Å². The van der Waals surface area contributed by atoms with Crippen LogP contribution in [0.2, 0.25) is 0 Å². The lowest BCUT2D eigenvalue weighted by Gasteiger charge is -2.53. The van der Waals surface area contributed by atoms with Gasteiger partial charge >= 0.3 is 5.97 Å². The van der Waals surface area contributed by atoms with Crippen LogP contribution in [0.25, 0.3) is 0 Å². The molecule has 0 amide bonds. The molecule has 2 aliphatic carbocycles. The van der Waals surface area contributed by atoms with Crippen LogP contribution in [-0.2, 0) is 24.0 Å². The van der Waals surface area contributed by atoms with Crippen molar-refractivity contribution in [1.82, 2.24) is 0 Å². The lowest BCUT2D eigenvalue weighted by Crippen LogP contribution is -2.60. The fraction of sp³-hybridized carbons (Fsp3) is 0.654. The first-order chi connectivity index (χ1) is 17.1. The molecular weight excluding hydrogens is 525 g/mol. The maximum Gasteiger partial charge on any atom is 0.316 e. The Labute approximate surface area is 225 Å². The van der Waals surface area contributed by atoms with Crippen molar-refractivity contribution in [3.63, 3.8) is 0 Å². The van der Waals surface area contributed by atoms with Gasteiger partial charge in [-0.1, -0.05) is 67.4 Å². The molecule has 0 unspecified atom stereocenters. The number of carbonyl (C=O) groups excluding carboxylic acids is 3. The van der Waals surface area contributed by atoms with Gasteiger partial charge in [0.05, 0.1) is 5.60 Å². The number of hydrogen-bond donors (Lipinski definition) is 1. The number of allylic oxidation sites excluding steroid dienone is 5. The summed E-state index contributed by atoms with van der Waals surface area (Å²) < 4.78 is 2.72. The summed E-state index contributed by atoms with van der Waals surface area (Å²) in [6, 6.07) is 0. The Bertz CT molecular complexity index is 1040. The molecular formula is C26H33Cl2NO8. The molecule has 0 radical (unpaired) electrons. The number of fused-ring (bicyclic) bond motifs is 3. The van der Waals surface area contributed by atoms with Gasteiger partial charge in [0.2, 0.25) is 4.33 Å². The summed E-state index contributed by atoms with van der Waals surface area (Å²) >= 11 is 13.0. The van der Waals surface area contributed by atoms with E-state index < -0.39 is 74.4 Å². The monoisotopic (exact) mass is 557 g/mol. The summed E-state index contributed by atoms with van der Waals surface area (Å²) in [7, 11) is 0. The van der Waals surface area contributed by atoms with E-state index >= 15 is 0 Å². The number of ether oxygens (including phenoxy) is 1. The molecule has 0 bridgehead atoms. The van der Waals surface area contributed by atoms with Gasteiger partial charge in [-0.2, -0.15) is 0 Å². The highest BCUT2D eigenvalue weighted by Gasteiger charge is 2.59. The Morgan fingerprint density at radius 2 is 1.68 bits per heavy atom. The molecule has 1 heterocycles. The quantitative estimate of drug-likeness (QED) is 0.134. The second-order valence-corrected chi connectivity index (χ2v) is 12.0. The van der Waals surface area contributed by atoms with Crippen LogP contribution in [0.4, 0.5) is 0 Å². The van der Waals surface area contributed by atoms with Crippen LogP contribution in [0.5, 0.6) is 0 Å². The summed E-state index contributed by atoms with van der Waals surface area (Å²) in [6.45, 7) is 7.96. The van der Waals surface area contributed by atoms with Crippen LogP contribution in [0, 0.1) is 51.5 Å². The second-order valence-electron chi connectivity index (χ2n) is 10.7. The lowest BCUT2D eigenvalue weighted by atomic mass is 9.54. The van der Waals surface area contributed by atoms with E-state index in [0.29, 0.717) is 0 Å². The van der Waals surface area contributed by atoms with Gasteiger partial charge in [-0.25, -0.2) is 0 Å². The first kappa shape index (κ1) is 29.3. The van der Waals surface area contributed by atoms with E-state index in [2.05, 4.69) is 0 Å². The van der Waals surface area contributed by atoms with Crippen molar-refractivity contribution in [2.45, 2.75) is 63.2 Å². The number of ketones is 2. The largest absolute Gasteiger partial charge is 0.458 e. The number of hydrogen-bond acceptors (Lipinski definition) is 8. The maximum absolute atomic E-state index is 14.1.